The molecule has 0 radical (unpaired) electrons. The maximum Gasteiger partial charge on any atom is 0.259 e. The number of benzene rings is 2. The smallest absolute Gasteiger partial charge is 0.259 e. The minimum absolute atomic E-state index is 0.117. The Balaban J connectivity index is 2.29. The zero-order valence-corrected chi connectivity index (χ0v) is 14.6. The molecule has 1 amide bonds. The van der Waals surface area contributed by atoms with Crippen LogP contribution in [0.15, 0.2) is 50.2 Å². The van der Waals surface area contributed by atoms with Gasteiger partial charge in [0.2, 0.25) is 0 Å². The second-order valence-electron chi connectivity index (χ2n) is 3.84. The number of phenols is 1. The maximum absolute atomic E-state index is 12.2. The van der Waals surface area contributed by atoms with Crippen molar-refractivity contribution in [3.05, 3.63) is 50.9 Å². The first kappa shape index (κ1) is 15.7. The van der Waals surface area contributed by atoms with Crippen LogP contribution in [-0.2, 0) is 0 Å². The number of carbonyl (C=O) groups is 1. The topological polar surface area (TPSA) is 49.3 Å². The molecule has 0 unspecified atom stereocenters. The van der Waals surface area contributed by atoms with Crippen LogP contribution in [0.4, 0.5) is 5.69 Å². The number of hydrogen-bond donors (Lipinski definition) is 2. The molecule has 2 rings (SSSR count). The number of phenolic OH excluding ortho intramolecular Hbond substituents is 1. The SMILES string of the molecule is O=C(Nc1ccc(Br)cc1)c1cc(SCl)cc(Br)c1O. The molecule has 2 N–H and O–H groups in total. The standard InChI is InChI=1S/C13H8Br2ClNO2S/c14-7-1-3-8(4-2-7)17-13(19)10-5-9(20-16)6-11(15)12(10)18/h1-6,18H,(H,17,19). The predicted molar refractivity (Wildman–Crippen MR) is 89.6 cm³/mol. The molecular weight excluding hydrogens is 429 g/mol. The molecule has 0 aliphatic rings. The summed E-state index contributed by atoms with van der Waals surface area (Å²) in [6.07, 6.45) is 0. The van der Waals surface area contributed by atoms with Crippen LogP contribution in [0.2, 0.25) is 0 Å². The number of aromatic hydroxyl groups is 1. The molecule has 0 saturated carbocycles. The van der Waals surface area contributed by atoms with E-state index >= 15 is 0 Å². The van der Waals surface area contributed by atoms with Gasteiger partial charge < -0.3 is 10.4 Å². The molecule has 0 aromatic heterocycles. The number of hydrogen-bond acceptors (Lipinski definition) is 3. The Morgan fingerprint density at radius 2 is 1.85 bits per heavy atom. The van der Waals surface area contributed by atoms with E-state index in [9.17, 15) is 9.90 Å². The van der Waals surface area contributed by atoms with E-state index in [-0.39, 0.29) is 11.3 Å². The second kappa shape index (κ2) is 6.85. The van der Waals surface area contributed by atoms with Gasteiger partial charge in [-0.1, -0.05) is 15.9 Å². The van der Waals surface area contributed by atoms with E-state index in [2.05, 4.69) is 37.2 Å². The van der Waals surface area contributed by atoms with Crippen molar-refractivity contribution in [2.75, 3.05) is 5.32 Å². The Labute approximate surface area is 141 Å². The average molecular weight is 438 g/mol. The number of carbonyl (C=O) groups excluding carboxylic acids is 1. The van der Waals surface area contributed by atoms with Gasteiger partial charge in [-0.3, -0.25) is 4.79 Å². The first-order chi connectivity index (χ1) is 9.51. The molecule has 0 fully saturated rings. The molecular formula is C13H8Br2ClNO2S. The summed E-state index contributed by atoms with van der Waals surface area (Å²) in [5, 5.41) is 12.7. The van der Waals surface area contributed by atoms with Gasteiger partial charge in [-0.2, -0.15) is 0 Å². The third-order valence-electron chi connectivity index (χ3n) is 2.47. The van der Waals surface area contributed by atoms with Crippen LogP contribution in [-0.4, -0.2) is 11.0 Å². The van der Waals surface area contributed by atoms with Crippen LogP contribution >= 0.6 is 53.5 Å². The summed E-state index contributed by atoms with van der Waals surface area (Å²) in [6.45, 7) is 0. The van der Waals surface area contributed by atoms with Gasteiger partial charge in [0.15, 0.2) is 0 Å². The number of anilines is 1. The zero-order chi connectivity index (χ0) is 14.7. The quantitative estimate of drug-likeness (QED) is 0.675. The molecule has 0 aliphatic carbocycles. The van der Waals surface area contributed by atoms with Gasteiger partial charge in [0.1, 0.15) is 5.75 Å². The first-order valence-corrected chi connectivity index (χ1v) is 8.62. The van der Waals surface area contributed by atoms with Crippen molar-refractivity contribution in [1.29, 1.82) is 0 Å². The van der Waals surface area contributed by atoms with Crippen molar-refractivity contribution in [2.24, 2.45) is 0 Å². The average Bonchev–Trinajstić information content (AvgIpc) is 2.44. The highest BCUT2D eigenvalue weighted by Crippen LogP contribution is 2.35. The fourth-order valence-corrected chi connectivity index (χ4v) is 2.99. The Bertz CT molecular complexity index is 650. The lowest BCUT2D eigenvalue weighted by Crippen LogP contribution is -2.12. The Kier molecular flexibility index (Phi) is 5.37. The summed E-state index contributed by atoms with van der Waals surface area (Å²) >= 11 is 6.51. The van der Waals surface area contributed by atoms with Crippen LogP contribution in [0.5, 0.6) is 5.75 Å². The van der Waals surface area contributed by atoms with Crippen molar-refractivity contribution < 1.29 is 9.90 Å². The largest absolute Gasteiger partial charge is 0.506 e. The Morgan fingerprint density at radius 1 is 1.20 bits per heavy atom. The Morgan fingerprint density at radius 3 is 2.45 bits per heavy atom. The van der Waals surface area contributed by atoms with Crippen molar-refractivity contribution in [1.82, 2.24) is 0 Å². The highest BCUT2D eigenvalue weighted by molar-refractivity contribution is 9.10. The summed E-state index contributed by atoms with van der Waals surface area (Å²) in [7, 11) is 6.66. The summed E-state index contributed by atoms with van der Waals surface area (Å²) in [5.74, 6) is -0.521. The molecule has 0 heterocycles. The molecule has 104 valence electrons. The van der Waals surface area contributed by atoms with E-state index in [1.54, 1.807) is 18.2 Å². The predicted octanol–water partition coefficient (Wildman–Crippen LogP) is 5.42. The fourth-order valence-electron chi connectivity index (χ4n) is 1.52. The van der Waals surface area contributed by atoms with Crippen LogP contribution in [0, 0.1) is 0 Å². The molecule has 3 nitrogen and oxygen atoms in total. The fraction of sp³-hybridized carbons (Fsp3) is 0. The zero-order valence-electron chi connectivity index (χ0n) is 9.86. The molecule has 0 spiro atoms. The van der Waals surface area contributed by atoms with Gasteiger partial charge in [0, 0.05) is 15.1 Å². The summed E-state index contributed by atoms with van der Waals surface area (Å²) < 4.78 is 1.34. The molecule has 0 aliphatic heterocycles. The van der Waals surface area contributed by atoms with E-state index in [0.717, 1.165) is 15.4 Å². The van der Waals surface area contributed by atoms with Crippen LogP contribution < -0.4 is 5.32 Å². The number of halogens is 3. The first-order valence-electron chi connectivity index (χ1n) is 5.39. The van der Waals surface area contributed by atoms with E-state index in [4.69, 9.17) is 10.7 Å². The van der Waals surface area contributed by atoms with Crippen molar-refractivity contribution >= 4 is 65.1 Å². The van der Waals surface area contributed by atoms with Gasteiger partial charge >= 0.3 is 0 Å². The van der Waals surface area contributed by atoms with Gasteiger partial charge in [0.05, 0.1) is 10.0 Å². The van der Waals surface area contributed by atoms with Crippen molar-refractivity contribution in [2.45, 2.75) is 4.90 Å². The summed E-state index contributed by atoms with van der Waals surface area (Å²) in [6, 6.07) is 10.3. The normalized spacial score (nSPS) is 10.3. The van der Waals surface area contributed by atoms with Crippen LogP contribution in [0.1, 0.15) is 10.4 Å². The molecule has 0 atom stereocenters. The maximum atomic E-state index is 12.2. The minimum atomic E-state index is -0.405. The summed E-state index contributed by atoms with van der Waals surface area (Å²) in [4.78, 5) is 12.8. The van der Waals surface area contributed by atoms with Crippen molar-refractivity contribution in [3.63, 3.8) is 0 Å². The summed E-state index contributed by atoms with van der Waals surface area (Å²) in [5.41, 5.74) is 0.795. The highest BCUT2D eigenvalue weighted by Gasteiger charge is 2.15. The van der Waals surface area contributed by atoms with E-state index in [0.29, 0.717) is 15.1 Å². The lowest BCUT2D eigenvalue weighted by Gasteiger charge is -2.09. The van der Waals surface area contributed by atoms with Gasteiger partial charge in [-0.15, -0.1) is 0 Å². The number of rotatable bonds is 3. The number of amides is 1. The third-order valence-corrected chi connectivity index (χ3v) is 4.55. The lowest BCUT2D eigenvalue weighted by atomic mass is 10.2. The monoisotopic (exact) mass is 435 g/mol. The minimum Gasteiger partial charge on any atom is -0.506 e. The van der Waals surface area contributed by atoms with E-state index in [1.165, 1.54) is 6.07 Å². The van der Waals surface area contributed by atoms with Crippen LogP contribution in [0.25, 0.3) is 0 Å². The molecule has 2 aromatic carbocycles. The van der Waals surface area contributed by atoms with Gasteiger partial charge in [-0.05, 0) is 74.0 Å². The van der Waals surface area contributed by atoms with Crippen molar-refractivity contribution in [3.8, 4) is 5.75 Å². The molecule has 20 heavy (non-hydrogen) atoms. The third kappa shape index (κ3) is 3.69. The van der Waals surface area contributed by atoms with E-state index in [1.807, 2.05) is 12.1 Å². The molecule has 0 bridgehead atoms. The lowest BCUT2D eigenvalue weighted by molar-refractivity contribution is 0.102. The second-order valence-corrected chi connectivity index (χ2v) is 6.70. The molecule has 0 saturated heterocycles. The molecule has 7 heteroatoms. The Hall–Kier alpha value is -0.690. The van der Waals surface area contributed by atoms with Gasteiger partial charge in [-0.25, -0.2) is 0 Å². The number of nitrogens with one attached hydrogen (secondary N) is 1. The molecule has 2 aromatic rings. The van der Waals surface area contributed by atoms with E-state index < -0.39 is 5.91 Å². The highest BCUT2D eigenvalue weighted by atomic mass is 79.9. The van der Waals surface area contributed by atoms with Gasteiger partial charge in [0.25, 0.3) is 5.91 Å². The van der Waals surface area contributed by atoms with Crippen LogP contribution in [0.3, 0.4) is 0 Å².